The fraction of sp³-hybridized carbons (Fsp3) is 0.857. The van der Waals surface area contributed by atoms with Crippen LogP contribution >= 0.6 is 0 Å². The molecular formula is C21H43OZr+2. The van der Waals surface area contributed by atoms with Crippen molar-refractivity contribution in [3.63, 3.8) is 0 Å². The second-order valence-electron chi connectivity index (χ2n) is 7.08. The van der Waals surface area contributed by atoms with E-state index in [2.05, 4.69) is 6.92 Å². The van der Waals surface area contributed by atoms with Crippen LogP contribution in [-0.4, -0.2) is 11.2 Å². The summed E-state index contributed by atoms with van der Waals surface area (Å²) in [6, 6.07) is 0. The Bertz CT molecular complexity index is 179. The molecule has 2 saturated carbocycles. The number of hydrogen-bond donors (Lipinski definition) is 1. The molecule has 1 radical (unpaired) electrons. The van der Waals surface area contributed by atoms with Crippen molar-refractivity contribution < 1.29 is 31.3 Å². The topological polar surface area (TPSA) is 20.2 Å². The molecule has 0 amide bonds. The molecule has 0 bridgehead atoms. The molecule has 1 nitrogen and oxygen atoms in total. The number of rotatable bonds is 2. The smallest absolute Gasteiger partial charge is 0.393 e. The van der Waals surface area contributed by atoms with Crippen LogP contribution in [0.4, 0.5) is 0 Å². The average Bonchev–Trinajstić information content (AvgIpc) is 3.22. The Morgan fingerprint density at radius 2 is 0.870 bits per heavy atom. The van der Waals surface area contributed by atoms with E-state index in [0.717, 1.165) is 0 Å². The zero-order valence-corrected chi connectivity index (χ0v) is 19.1. The quantitative estimate of drug-likeness (QED) is 0.495. The largest absolute Gasteiger partial charge is 3.00 e. The van der Waals surface area contributed by atoms with Gasteiger partial charge in [0, 0.05) is 0 Å². The fourth-order valence-corrected chi connectivity index (χ4v) is 2.54. The van der Waals surface area contributed by atoms with Crippen LogP contribution in [0.2, 0.25) is 0 Å². The SMILES string of the molecule is C1CCCC1.C1CCCC1.CC(C)C(O)C(C)C.[CH2-]/C=C/C.[Zr+3]. The molecular weight excluding hydrogens is 359 g/mol. The normalized spacial score (nSPS) is 16.2. The number of aliphatic hydroxyl groups is 1. The second-order valence-corrected chi connectivity index (χ2v) is 7.08. The summed E-state index contributed by atoms with van der Waals surface area (Å²) in [4.78, 5) is 0. The second kappa shape index (κ2) is 22.5. The number of hydrogen-bond acceptors (Lipinski definition) is 1. The van der Waals surface area contributed by atoms with E-state index in [1.807, 2.05) is 40.7 Å². The van der Waals surface area contributed by atoms with Crippen molar-refractivity contribution in [3.8, 4) is 0 Å². The van der Waals surface area contributed by atoms with Gasteiger partial charge in [-0.3, -0.25) is 0 Å². The molecule has 0 aromatic rings. The Balaban J connectivity index is -0.000000236. The van der Waals surface area contributed by atoms with E-state index in [1.54, 1.807) is 6.08 Å². The van der Waals surface area contributed by atoms with E-state index in [4.69, 9.17) is 0 Å². The van der Waals surface area contributed by atoms with Gasteiger partial charge in [0.25, 0.3) is 0 Å². The summed E-state index contributed by atoms with van der Waals surface area (Å²) in [5.74, 6) is 0.796. The van der Waals surface area contributed by atoms with Crippen molar-refractivity contribution in [1.82, 2.24) is 0 Å². The van der Waals surface area contributed by atoms with Crippen LogP contribution in [0.5, 0.6) is 0 Å². The van der Waals surface area contributed by atoms with Crippen molar-refractivity contribution in [1.29, 1.82) is 0 Å². The predicted molar refractivity (Wildman–Crippen MR) is 102 cm³/mol. The minimum absolute atomic E-state index is 0. The van der Waals surface area contributed by atoms with Crippen molar-refractivity contribution in [2.45, 2.75) is 105 Å². The number of allylic oxidation sites excluding steroid dienone is 2. The van der Waals surface area contributed by atoms with Crippen LogP contribution in [-0.2, 0) is 26.2 Å². The summed E-state index contributed by atoms with van der Waals surface area (Å²) in [5, 5.41) is 9.20. The Labute approximate surface area is 166 Å². The fourth-order valence-electron chi connectivity index (χ4n) is 2.54. The van der Waals surface area contributed by atoms with Gasteiger partial charge in [-0.25, -0.2) is 19.1 Å². The predicted octanol–water partition coefficient (Wildman–Crippen LogP) is 6.95. The van der Waals surface area contributed by atoms with Crippen molar-refractivity contribution in [2.75, 3.05) is 0 Å². The van der Waals surface area contributed by atoms with Crippen molar-refractivity contribution in [2.24, 2.45) is 11.8 Å². The van der Waals surface area contributed by atoms with Gasteiger partial charge in [0.15, 0.2) is 0 Å². The monoisotopic (exact) mass is 401 g/mol. The first-order valence-corrected chi connectivity index (χ1v) is 9.55. The molecule has 2 aliphatic rings. The van der Waals surface area contributed by atoms with Crippen molar-refractivity contribution in [3.05, 3.63) is 19.1 Å². The van der Waals surface area contributed by atoms with Crippen LogP contribution in [0.3, 0.4) is 0 Å². The first kappa shape index (κ1) is 28.3. The molecule has 0 spiro atoms. The maximum absolute atomic E-state index is 9.20. The van der Waals surface area contributed by atoms with Gasteiger partial charge in [-0.15, -0.1) is 6.92 Å². The first-order valence-electron chi connectivity index (χ1n) is 9.55. The Morgan fingerprint density at radius 1 is 0.696 bits per heavy atom. The summed E-state index contributed by atoms with van der Waals surface area (Å²) in [7, 11) is 0. The van der Waals surface area contributed by atoms with E-state index in [1.165, 1.54) is 64.2 Å². The summed E-state index contributed by atoms with van der Waals surface area (Å²) < 4.78 is 0. The van der Waals surface area contributed by atoms with Gasteiger partial charge < -0.3 is 5.11 Å². The average molecular weight is 403 g/mol. The Hall–Kier alpha value is 0.453. The third-order valence-corrected chi connectivity index (χ3v) is 4.10. The Kier molecular flexibility index (Phi) is 27.6. The molecule has 2 aliphatic carbocycles. The molecule has 0 unspecified atom stereocenters. The third-order valence-electron chi connectivity index (χ3n) is 4.10. The molecule has 0 aliphatic heterocycles. The molecule has 2 heteroatoms. The van der Waals surface area contributed by atoms with Gasteiger partial charge in [-0.05, 0) is 11.8 Å². The molecule has 2 fully saturated rings. The maximum atomic E-state index is 9.20. The molecule has 0 saturated heterocycles. The van der Waals surface area contributed by atoms with Crippen LogP contribution < -0.4 is 0 Å². The van der Waals surface area contributed by atoms with E-state index in [0.29, 0.717) is 11.8 Å². The van der Waals surface area contributed by atoms with Crippen LogP contribution in [0.1, 0.15) is 98.8 Å². The minimum Gasteiger partial charge on any atom is -0.393 e. The van der Waals surface area contributed by atoms with Gasteiger partial charge in [0.1, 0.15) is 0 Å². The van der Waals surface area contributed by atoms with Crippen LogP contribution in [0.25, 0.3) is 0 Å². The maximum Gasteiger partial charge on any atom is 3.00 e. The summed E-state index contributed by atoms with van der Waals surface area (Å²) in [5.41, 5.74) is 0. The molecule has 0 atom stereocenters. The molecule has 135 valence electrons. The summed E-state index contributed by atoms with van der Waals surface area (Å²) in [6.45, 7) is 13.5. The summed E-state index contributed by atoms with van der Waals surface area (Å²) in [6.07, 6.45) is 18.5. The van der Waals surface area contributed by atoms with Gasteiger partial charge >= 0.3 is 26.2 Å². The molecule has 23 heavy (non-hydrogen) atoms. The minimum atomic E-state index is -0.130. The molecule has 2 rings (SSSR count). The van der Waals surface area contributed by atoms with E-state index in [-0.39, 0.29) is 32.3 Å². The van der Waals surface area contributed by atoms with E-state index in [9.17, 15) is 5.11 Å². The molecule has 0 heterocycles. The van der Waals surface area contributed by atoms with E-state index >= 15 is 0 Å². The summed E-state index contributed by atoms with van der Waals surface area (Å²) >= 11 is 0. The van der Waals surface area contributed by atoms with Gasteiger partial charge in [0.2, 0.25) is 0 Å². The van der Waals surface area contributed by atoms with E-state index < -0.39 is 0 Å². The number of aliphatic hydroxyl groups excluding tert-OH is 1. The third kappa shape index (κ3) is 24.8. The standard InChI is InChI=1S/C7H16O.2C5H10.C4H7.Zr/c1-5(2)7(8)6(3)4;2*1-2-4-5-3-1;1-3-4-2;/h5-8H,1-4H3;2*1-5H2;3-4H,1H2,2H3;/q;;;-1;+3/b;;;4-3+;. The van der Waals surface area contributed by atoms with Gasteiger partial charge in [0.05, 0.1) is 6.10 Å². The molecule has 0 aromatic carbocycles. The zero-order valence-electron chi connectivity index (χ0n) is 16.6. The Morgan fingerprint density at radius 3 is 0.913 bits per heavy atom. The zero-order chi connectivity index (χ0) is 17.2. The molecule has 1 N–H and O–H groups in total. The first-order chi connectivity index (χ1) is 10.5. The molecule has 0 aromatic heterocycles. The van der Waals surface area contributed by atoms with Crippen molar-refractivity contribution >= 4 is 0 Å². The van der Waals surface area contributed by atoms with Gasteiger partial charge in [-0.1, -0.05) is 91.9 Å². The van der Waals surface area contributed by atoms with Gasteiger partial charge in [-0.2, -0.15) is 0 Å². The van der Waals surface area contributed by atoms with Crippen LogP contribution in [0.15, 0.2) is 12.2 Å². The van der Waals surface area contributed by atoms with Crippen LogP contribution in [0, 0.1) is 18.8 Å².